The Morgan fingerprint density at radius 3 is 2.88 bits per heavy atom. The number of rotatable bonds is 2. The molecule has 0 aliphatic carbocycles. The quantitative estimate of drug-likeness (QED) is 0.843. The maximum atomic E-state index is 13.1. The number of carbonyl (C=O) groups is 1. The van der Waals surface area contributed by atoms with Gasteiger partial charge in [0.15, 0.2) is 0 Å². The maximum Gasteiger partial charge on any atom is 0.341 e. The van der Waals surface area contributed by atoms with Crippen molar-refractivity contribution >= 4 is 16.9 Å². The van der Waals surface area contributed by atoms with E-state index in [1.165, 1.54) is 31.5 Å². The zero-order chi connectivity index (χ0) is 11.7. The fourth-order valence-corrected chi connectivity index (χ4v) is 1.51. The van der Waals surface area contributed by atoms with Crippen LogP contribution in [-0.4, -0.2) is 23.2 Å². The van der Waals surface area contributed by atoms with Crippen molar-refractivity contribution in [3.8, 4) is 5.75 Å². The normalized spacial score (nSPS) is 10.4. The Balaban J connectivity index is 2.83. The molecule has 0 fully saturated rings. The highest BCUT2D eigenvalue weighted by molar-refractivity contribution is 5.98. The summed E-state index contributed by atoms with van der Waals surface area (Å²) in [6.07, 6.45) is 1.20. The van der Waals surface area contributed by atoms with Gasteiger partial charge in [-0.3, -0.25) is 4.98 Å². The largest absolute Gasteiger partial charge is 0.495 e. The predicted octanol–water partition coefficient (Wildman–Crippen LogP) is 2.08. The van der Waals surface area contributed by atoms with Crippen molar-refractivity contribution in [1.82, 2.24) is 4.98 Å². The van der Waals surface area contributed by atoms with Gasteiger partial charge in [0, 0.05) is 11.6 Å². The summed E-state index contributed by atoms with van der Waals surface area (Å²) in [5.41, 5.74) is 0.406. The SMILES string of the molecule is COc1c(C(=O)O)cnc2ccc(F)cc12. The highest BCUT2D eigenvalue weighted by Crippen LogP contribution is 2.28. The summed E-state index contributed by atoms with van der Waals surface area (Å²) in [5.74, 6) is -1.50. The van der Waals surface area contributed by atoms with Crippen molar-refractivity contribution in [3.63, 3.8) is 0 Å². The third-order valence-electron chi connectivity index (χ3n) is 2.22. The van der Waals surface area contributed by atoms with Gasteiger partial charge in [0.1, 0.15) is 17.1 Å². The van der Waals surface area contributed by atoms with E-state index in [1.54, 1.807) is 0 Å². The maximum absolute atomic E-state index is 13.1. The van der Waals surface area contributed by atoms with E-state index >= 15 is 0 Å². The van der Waals surface area contributed by atoms with Crippen LogP contribution in [0.3, 0.4) is 0 Å². The lowest BCUT2D eigenvalue weighted by molar-refractivity contribution is 0.0693. The monoisotopic (exact) mass is 221 g/mol. The molecule has 82 valence electrons. The van der Waals surface area contributed by atoms with Crippen LogP contribution in [0.15, 0.2) is 24.4 Å². The number of carboxylic acids is 1. The number of ether oxygens (including phenoxy) is 1. The van der Waals surface area contributed by atoms with E-state index in [-0.39, 0.29) is 11.3 Å². The first-order valence-corrected chi connectivity index (χ1v) is 4.49. The highest BCUT2D eigenvalue weighted by Gasteiger charge is 2.15. The first-order chi connectivity index (χ1) is 7.63. The van der Waals surface area contributed by atoms with Crippen LogP contribution >= 0.6 is 0 Å². The summed E-state index contributed by atoms with van der Waals surface area (Å²) >= 11 is 0. The van der Waals surface area contributed by atoms with Crippen LogP contribution in [0.4, 0.5) is 4.39 Å². The second-order valence-corrected chi connectivity index (χ2v) is 3.17. The summed E-state index contributed by atoms with van der Waals surface area (Å²) in [6, 6.07) is 3.93. The number of aromatic nitrogens is 1. The number of fused-ring (bicyclic) bond motifs is 1. The Hall–Kier alpha value is -2.17. The van der Waals surface area contributed by atoms with E-state index < -0.39 is 11.8 Å². The van der Waals surface area contributed by atoms with Crippen molar-refractivity contribution in [2.75, 3.05) is 7.11 Å². The lowest BCUT2D eigenvalue weighted by atomic mass is 10.1. The van der Waals surface area contributed by atoms with E-state index in [9.17, 15) is 9.18 Å². The lowest BCUT2D eigenvalue weighted by Gasteiger charge is -2.07. The molecule has 1 N–H and O–H groups in total. The van der Waals surface area contributed by atoms with Crippen LogP contribution in [0.25, 0.3) is 10.9 Å². The molecule has 0 saturated carbocycles. The molecule has 0 amide bonds. The minimum absolute atomic E-state index is 0.0828. The van der Waals surface area contributed by atoms with Gasteiger partial charge in [-0.1, -0.05) is 0 Å². The molecule has 16 heavy (non-hydrogen) atoms. The molecule has 0 atom stereocenters. The van der Waals surface area contributed by atoms with Crippen molar-refractivity contribution in [1.29, 1.82) is 0 Å². The minimum Gasteiger partial charge on any atom is -0.495 e. The van der Waals surface area contributed by atoms with Crippen LogP contribution in [0.5, 0.6) is 5.75 Å². The van der Waals surface area contributed by atoms with Gasteiger partial charge in [-0.2, -0.15) is 0 Å². The zero-order valence-corrected chi connectivity index (χ0v) is 8.40. The lowest BCUT2D eigenvalue weighted by Crippen LogP contribution is -2.02. The van der Waals surface area contributed by atoms with Crippen molar-refractivity contribution in [3.05, 3.63) is 35.8 Å². The van der Waals surface area contributed by atoms with E-state index in [0.29, 0.717) is 10.9 Å². The number of benzene rings is 1. The first kappa shape index (κ1) is 10.4. The van der Waals surface area contributed by atoms with Gasteiger partial charge in [0.2, 0.25) is 0 Å². The molecule has 0 aliphatic heterocycles. The molecule has 1 aromatic carbocycles. The Morgan fingerprint density at radius 2 is 2.25 bits per heavy atom. The number of nitrogens with zero attached hydrogens (tertiary/aromatic N) is 1. The Kier molecular flexibility index (Phi) is 2.44. The topological polar surface area (TPSA) is 59.4 Å². The molecule has 0 saturated heterocycles. The molecule has 0 radical (unpaired) electrons. The van der Waals surface area contributed by atoms with Gasteiger partial charge in [0.25, 0.3) is 0 Å². The van der Waals surface area contributed by atoms with Crippen molar-refractivity contribution in [2.24, 2.45) is 0 Å². The summed E-state index contributed by atoms with van der Waals surface area (Å²) in [5, 5.41) is 9.26. The van der Waals surface area contributed by atoms with Crippen LogP contribution in [-0.2, 0) is 0 Å². The van der Waals surface area contributed by atoms with Gasteiger partial charge >= 0.3 is 5.97 Å². The molecule has 1 aromatic heterocycles. The number of aromatic carboxylic acids is 1. The van der Waals surface area contributed by atoms with Gasteiger partial charge in [-0.25, -0.2) is 9.18 Å². The molecule has 2 rings (SSSR count). The van der Waals surface area contributed by atoms with Gasteiger partial charge in [-0.15, -0.1) is 0 Å². The van der Waals surface area contributed by atoms with Gasteiger partial charge in [-0.05, 0) is 18.2 Å². The first-order valence-electron chi connectivity index (χ1n) is 4.49. The smallest absolute Gasteiger partial charge is 0.341 e. The minimum atomic E-state index is -1.16. The van der Waals surface area contributed by atoms with Crippen LogP contribution in [0.1, 0.15) is 10.4 Å². The molecule has 0 spiro atoms. The summed E-state index contributed by atoms with van der Waals surface area (Å²) in [6.45, 7) is 0. The molecule has 0 unspecified atom stereocenters. The Bertz CT molecular complexity index is 568. The third-order valence-corrected chi connectivity index (χ3v) is 2.22. The van der Waals surface area contributed by atoms with E-state index in [1.807, 2.05) is 0 Å². The number of hydrogen-bond acceptors (Lipinski definition) is 3. The number of methoxy groups -OCH3 is 1. The highest BCUT2D eigenvalue weighted by atomic mass is 19.1. The second-order valence-electron chi connectivity index (χ2n) is 3.17. The van der Waals surface area contributed by atoms with Crippen LogP contribution < -0.4 is 4.74 Å². The van der Waals surface area contributed by atoms with Crippen molar-refractivity contribution < 1.29 is 19.0 Å². The number of pyridine rings is 1. The molecule has 0 bridgehead atoms. The van der Waals surface area contributed by atoms with Gasteiger partial charge in [0.05, 0.1) is 12.6 Å². The predicted molar refractivity (Wildman–Crippen MR) is 55.2 cm³/mol. The number of hydrogen-bond donors (Lipinski definition) is 1. The number of carboxylic acid groups (broad SMARTS) is 1. The van der Waals surface area contributed by atoms with Gasteiger partial charge < -0.3 is 9.84 Å². The molecule has 0 aliphatic rings. The molecule has 5 heteroatoms. The standard InChI is InChI=1S/C11H8FNO3/c1-16-10-7-4-6(12)2-3-9(7)13-5-8(10)11(14)15/h2-5H,1H3,(H,14,15). The second kappa shape index (κ2) is 3.77. The van der Waals surface area contributed by atoms with Crippen LogP contribution in [0.2, 0.25) is 0 Å². The summed E-state index contributed by atoms with van der Waals surface area (Å²) in [4.78, 5) is 14.8. The fourth-order valence-electron chi connectivity index (χ4n) is 1.51. The molecule has 1 heterocycles. The molecular formula is C11H8FNO3. The zero-order valence-electron chi connectivity index (χ0n) is 8.40. The Morgan fingerprint density at radius 1 is 1.50 bits per heavy atom. The van der Waals surface area contributed by atoms with Crippen molar-refractivity contribution in [2.45, 2.75) is 0 Å². The average Bonchev–Trinajstić information content (AvgIpc) is 2.27. The summed E-state index contributed by atoms with van der Waals surface area (Å²) < 4.78 is 18.0. The number of halogens is 1. The third kappa shape index (κ3) is 1.56. The fraction of sp³-hybridized carbons (Fsp3) is 0.0909. The average molecular weight is 221 g/mol. The summed E-state index contributed by atoms with van der Waals surface area (Å²) in [7, 11) is 1.34. The van der Waals surface area contributed by atoms with E-state index in [0.717, 1.165) is 0 Å². The van der Waals surface area contributed by atoms with Crippen LogP contribution in [0, 0.1) is 5.82 Å². The van der Waals surface area contributed by atoms with E-state index in [4.69, 9.17) is 9.84 Å². The van der Waals surface area contributed by atoms with E-state index in [2.05, 4.69) is 4.98 Å². The molecule has 4 nitrogen and oxygen atoms in total. The Labute approximate surface area is 90.3 Å². The molecule has 2 aromatic rings. The molecular weight excluding hydrogens is 213 g/mol.